The number of rotatable bonds is 1. The molecule has 0 saturated carbocycles. The number of halogens is 5. The van der Waals surface area contributed by atoms with Crippen LogP contribution in [0.5, 0.6) is 0 Å². The van der Waals surface area contributed by atoms with Crippen molar-refractivity contribution in [3.05, 3.63) is 33.8 Å². The molecule has 7 heteroatoms. The average Bonchev–Trinajstić information content (AvgIpc) is 2.28. The maximum Gasteiger partial charge on any atom is 0.416 e. The van der Waals surface area contributed by atoms with E-state index < -0.39 is 11.7 Å². The largest absolute Gasteiger partial charge is 0.416 e. The van der Waals surface area contributed by atoms with E-state index in [2.05, 4.69) is 26.6 Å². The highest BCUT2D eigenvalue weighted by Crippen LogP contribution is 2.33. The lowest BCUT2D eigenvalue weighted by Gasteiger charge is -2.25. The van der Waals surface area contributed by atoms with Crippen LogP contribution in [0.4, 0.5) is 13.2 Å². The van der Waals surface area contributed by atoms with Crippen LogP contribution in [0.2, 0.25) is 0 Å². The Bertz CT molecular complexity index is 406. The summed E-state index contributed by atoms with van der Waals surface area (Å²) < 4.78 is 38.4. The van der Waals surface area contributed by atoms with Gasteiger partial charge in [-0.3, -0.25) is 0 Å². The molecule has 0 spiro atoms. The van der Waals surface area contributed by atoms with Crippen molar-refractivity contribution in [2.24, 2.45) is 0 Å². The Kier molecular flexibility index (Phi) is 5.46. The monoisotopic (exact) mass is 344 g/mol. The summed E-state index contributed by atoms with van der Waals surface area (Å²) in [4.78, 5) is 0. The van der Waals surface area contributed by atoms with Crippen LogP contribution in [-0.2, 0) is 6.18 Å². The van der Waals surface area contributed by atoms with Gasteiger partial charge in [0.2, 0.25) is 0 Å². The number of nitrogens with one attached hydrogen (secondary N) is 2. The summed E-state index contributed by atoms with van der Waals surface area (Å²) in [5, 5.41) is 6.34. The zero-order chi connectivity index (χ0) is 12.5. The van der Waals surface area contributed by atoms with Crippen molar-refractivity contribution in [3.63, 3.8) is 0 Å². The molecule has 1 aliphatic heterocycles. The third-order valence-electron chi connectivity index (χ3n) is 2.69. The van der Waals surface area contributed by atoms with Gasteiger partial charge >= 0.3 is 6.18 Å². The summed E-state index contributed by atoms with van der Waals surface area (Å²) in [6, 6.07) is 3.96. The molecule has 1 aromatic rings. The lowest BCUT2D eigenvalue weighted by atomic mass is 10.0. The summed E-state index contributed by atoms with van der Waals surface area (Å²) in [5.41, 5.74) is 0.0353. The molecule has 1 atom stereocenters. The summed E-state index contributed by atoms with van der Waals surface area (Å²) in [6.45, 7) is 2.25. The van der Waals surface area contributed by atoms with E-state index in [4.69, 9.17) is 0 Å². The summed E-state index contributed by atoms with van der Waals surface area (Å²) >= 11 is 3.12. The molecule has 1 heterocycles. The van der Waals surface area contributed by atoms with E-state index in [-0.39, 0.29) is 18.4 Å². The highest BCUT2D eigenvalue weighted by Gasteiger charge is 2.31. The summed E-state index contributed by atoms with van der Waals surface area (Å²) in [5.74, 6) is 0. The van der Waals surface area contributed by atoms with Gasteiger partial charge in [0, 0.05) is 30.1 Å². The van der Waals surface area contributed by atoms with Gasteiger partial charge in [0.25, 0.3) is 0 Å². The Hall–Kier alpha value is -0.300. The fourth-order valence-electron chi connectivity index (χ4n) is 1.87. The minimum absolute atomic E-state index is 0. The van der Waals surface area contributed by atoms with Crippen molar-refractivity contribution in [2.45, 2.75) is 12.2 Å². The molecule has 2 nitrogen and oxygen atoms in total. The number of hydrogen-bond donors (Lipinski definition) is 2. The first-order valence-electron chi connectivity index (χ1n) is 5.28. The second kappa shape index (κ2) is 6.23. The van der Waals surface area contributed by atoms with Crippen molar-refractivity contribution in [3.8, 4) is 0 Å². The zero-order valence-corrected chi connectivity index (χ0v) is 11.8. The molecular weight excluding hydrogens is 332 g/mol. The molecule has 2 N–H and O–H groups in total. The Morgan fingerprint density at radius 2 is 1.89 bits per heavy atom. The smallest absolute Gasteiger partial charge is 0.314 e. The van der Waals surface area contributed by atoms with Crippen LogP contribution in [0.15, 0.2) is 22.7 Å². The van der Waals surface area contributed by atoms with E-state index in [1.54, 1.807) is 6.07 Å². The zero-order valence-electron chi connectivity index (χ0n) is 9.35. The van der Waals surface area contributed by atoms with Gasteiger partial charge in [0.05, 0.1) is 5.56 Å². The van der Waals surface area contributed by atoms with Crippen molar-refractivity contribution < 1.29 is 13.2 Å². The predicted octanol–water partition coefficient (Wildman–Crippen LogP) is 3.12. The quantitative estimate of drug-likeness (QED) is 0.817. The van der Waals surface area contributed by atoms with E-state index in [9.17, 15) is 13.2 Å². The Morgan fingerprint density at radius 3 is 2.44 bits per heavy atom. The Labute approximate surface area is 118 Å². The molecule has 1 aromatic carbocycles. The molecular formula is C11H13BrClF3N2. The molecule has 18 heavy (non-hydrogen) atoms. The Morgan fingerprint density at radius 1 is 1.17 bits per heavy atom. The first kappa shape index (κ1) is 15.8. The summed E-state index contributed by atoms with van der Waals surface area (Å²) in [6.07, 6.45) is -4.30. The highest BCUT2D eigenvalue weighted by molar-refractivity contribution is 9.10. The minimum atomic E-state index is -4.30. The standard InChI is InChI=1S/C11H12BrF3N2.ClH/c12-9-4-7(10-6-16-1-2-17-10)3-8(5-9)11(13,14)15;/h3-5,10,16-17H,1-2,6H2;1H/t10-;/m1./s1. The number of benzene rings is 1. The van der Waals surface area contributed by atoms with Crippen molar-refractivity contribution in [2.75, 3.05) is 19.6 Å². The maximum absolute atomic E-state index is 12.7. The third kappa shape index (κ3) is 3.85. The fraction of sp³-hybridized carbons (Fsp3) is 0.455. The van der Waals surface area contributed by atoms with Crippen LogP contribution in [0, 0.1) is 0 Å². The van der Waals surface area contributed by atoms with Crippen molar-refractivity contribution in [1.82, 2.24) is 10.6 Å². The fourth-order valence-corrected chi connectivity index (χ4v) is 2.38. The van der Waals surface area contributed by atoms with Gasteiger partial charge in [0.15, 0.2) is 0 Å². The van der Waals surface area contributed by atoms with Gasteiger partial charge in [-0.05, 0) is 23.8 Å². The van der Waals surface area contributed by atoms with Crippen LogP contribution in [0.3, 0.4) is 0 Å². The van der Waals surface area contributed by atoms with E-state index in [0.29, 0.717) is 16.6 Å². The molecule has 0 aromatic heterocycles. The maximum atomic E-state index is 12.7. The number of hydrogen-bond acceptors (Lipinski definition) is 2. The minimum Gasteiger partial charge on any atom is -0.314 e. The van der Waals surface area contributed by atoms with Crippen LogP contribution in [0.1, 0.15) is 17.2 Å². The van der Waals surface area contributed by atoms with Crippen LogP contribution < -0.4 is 10.6 Å². The second-order valence-electron chi connectivity index (χ2n) is 3.98. The van der Waals surface area contributed by atoms with Crippen LogP contribution in [-0.4, -0.2) is 19.6 Å². The van der Waals surface area contributed by atoms with E-state index in [1.165, 1.54) is 6.07 Å². The third-order valence-corrected chi connectivity index (χ3v) is 3.15. The lowest BCUT2D eigenvalue weighted by Crippen LogP contribution is -2.42. The van der Waals surface area contributed by atoms with Crippen molar-refractivity contribution >= 4 is 28.3 Å². The molecule has 0 radical (unpaired) electrons. The topological polar surface area (TPSA) is 24.1 Å². The van der Waals surface area contributed by atoms with Crippen LogP contribution >= 0.6 is 28.3 Å². The molecule has 1 fully saturated rings. The van der Waals surface area contributed by atoms with Crippen LogP contribution in [0.25, 0.3) is 0 Å². The van der Waals surface area contributed by atoms with Gasteiger partial charge in [-0.1, -0.05) is 15.9 Å². The van der Waals surface area contributed by atoms with Gasteiger partial charge < -0.3 is 10.6 Å². The normalized spacial score (nSPS) is 20.3. The second-order valence-corrected chi connectivity index (χ2v) is 4.90. The highest BCUT2D eigenvalue weighted by atomic mass is 79.9. The van der Waals surface area contributed by atoms with Gasteiger partial charge in [0.1, 0.15) is 0 Å². The van der Waals surface area contributed by atoms with Gasteiger partial charge in [-0.15, -0.1) is 12.4 Å². The first-order valence-corrected chi connectivity index (χ1v) is 6.08. The average molecular weight is 346 g/mol. The van der Waals surface area contributed by atoms with Crippen molar-refractivity contribution in [1.29, 1.82) is 0 Å². The number of piperazine rings is 1. The number of alkyl halides is 3. The summed E-state index contributed by atoms with van der Waals surface area (Å²) in [7, 11) is 0. The predicted molar refractivity (Wildman–Crippen MR) is 70.0 cm³/mol. The van der Waals surface area contributed by atoms with Gasteiger partial charge in [-0.25, -0.2) is 0 Å². The lowest BCUT2D eigenvalue weighted by molar-refractivity contribution is -0.137. The molecule has 0 aliphatic carbocycles. The molecule has 102 valence electrons. The first-order chi connectivity index (χ1) is 7.97. The SMILES string of the molecule is Cl.FC(F)(F)c1cc(Br)cc([C@H]2CNCCN2)c1. The molecule has 1 saturated heterocycles. The van der Waals surface area contributed by atoms with E-state index in [0.717, 1.165) is 19.2 Å². The van der Waals surface area contributed by atoms with E-state index in [1.807, 2.05) is 0 Å². The van der Waals surface area contributed by atoms with Gasteiger partial charge in [-0.2, -0.15) is 13.2 Å². The molecule has 1 aliphatic rings. The molecule has 2 rings (SSSR count). The molecule has 0 bridgehead atoms. The Balaban J connectivity index is 0.00000162. The molecule has 0 amide bonds. The van der Waals surface area contributed by atoms with E-state index >= 15 is 0 Å². The molecule has 0 unspecified atom stereocenters.